The van der Waals surface area contributed by atoms with E-state index in [-0.39, 0.29) is 23.2 Å². The number of carbonyl (C=O) groups is 1. The predicted molar refractivity (Wildman–Crippen MR) is 108 cm³/mol. The lowest BCUT2D eigenvalue weighted by Crippen LogP contribution is -2.23. The summed E-state index contributed by atoms with van der Waals surface area (Å²) >= 11 is 0. The Kier molecular flexibility index (Phi) is 6.13. The molecule has 3 rings (SSSR count). The molecule has 3 aromatic rings. The fraction of sp³-hybridized carbons (Fsp3) is 0.0952. The van der Waals surface area contributed by atoms with Crippen molar-refractivity contribution in [1.82, 2.24) is 5.32 Å². The molecule has 0 aliphatic heterocycles. The van der Waals surface area contributed by atoms with Gasteiger partial charge in [-0.25, -0.2) is 12.8 Å². The van der Waals surface area contributed by atoms with Crippen LogP contribution in [0.4, 0.5) is 10.1 Å². The third-order valence-corrected chi connectivity index (χ3v) is 5.53. The number of amides is 1. The van der Waals surface area contributed by atoms with E-state index in [1.54, 1.807) is 36.4 Å². The van der Waals surface area contributed by atoms with Crippen molar-refractivity contribution in [3.05, 3.63) is 89.7 Å². The minimum Gasteiger partial charge on any atom is -0.497 e. The summed E-state index contributed by atoms with van der Waals surface area (Å²) in [5.74, 6) is -0.0922. The molecule has 0 unspecified atom stereocenters. The Bertz CT molecular complexity index is 1080. The molecule has 8 heteroatoms. The Morgan fingerprint density at radius 2 is 1.55 bits per heavy atom. The highest BCUT2D eigenvalue weighted by atomic mass is 32.2. The lowest BCUT2D eigenvalue weighted by Gasteiger charge is -2.10. The standard InChI is InChI=1S/C21H19FN2O4S/c1-28-19-10-8-18(9-11-19)24-29(26,27)20-12-4-16(5-13-20)21(25)23-14-15-2-6-17(22)7-3-15/h2-13,24H,14H2,1H3,(H,23,25). The van der Waals surface area contributed by atoms with Crippen molar-refractivity contribution in [2.24, 2.45) is 0 Å². The van der Waals surface area contributed by atoms with Crippen LogP contribution in [0.25, 0.3) is 0 Å². The van der Waals surface area contributed by atoms with Gasteiger partial charge in [0.2, 0.25) is 0 Å². The van der Waals surface area contributed by atoms with E-state index in [9.17, 15) is 17.6 Å². The number of halogens is 1. The molecule has 0 radical (unpaired) electrons. The van der Waals surface area contributed by atoms with Crippen molar-refractivity contribution in [3.8, 4) is 5.75 Å². The molecule has 6 nitrogen and oxygen atoms in total. The quantitative estimate of drug-likeness (QED) is 0.619. The SMILES string of the molecule is COc1ccc(NS(=O)(=O)c2ccc(C(=O)NCc3ccc(F)cc3)cc2)cc1. The molecule has 0 fully saturated rings. The van der Waals surface area contributed by atoms with Gasteiger partial charge in [-0.15, -0.1) is 0 Å². The van der Waals surface area contributed by atoms with Crippen LogP contribution < -0.4 is 14.8 Å². The van der Waals surface area contributed by atoms with E-state index in [2.05, 4.69) is 10.0 Å². The second kappa shape index (κ2) is 8.74. The number of rotatable bonds is 7. The van der Waals surface area contributed by atoms with E-state index < -0.39 is 10.0 Å². The summed E-state index contributed by atoms with van der Waals surface area (Å²) in [6.07, 6.45) is 0. The van der Waals surface area contributed by atoms with E-state index >= 15 is 0 Å². The van der Waals surface area contributed by atoms with Crippen molar-refractivity contribution in [2.45, 2.75) is 11.4 Å². The Morgan fingerprint density at radius 3 is 2.14 bits per heavy atom. The van der Waals surface area contributed by atoms with Crippen LogP contribution in [0.1, 0.15) is 15.9 Å². The first-order valence-corrected chi connectivity index (χ1v) is 10.2. The van der Waals surface area contributed by atoms with Crippen LogP contribution in [-0.4, -0.2) is 21.4 Å². The van der Waals surface area contributed by atoms with Crippen LogP contribution in [0.5, 0.6) is 5.75 Å². The summed E-state index contributed by atoms with van der Waals surface area (Å²) in [6.45, 7) is 0.234. The molecule has 0 heterocycles. The van der Waals surface area contributed by atoms with Crippen molar-refractivity contribution in [3.63, 3.8) is 0 Å². The molecule has 0 aliphatic rings. The Labute approximate surface area is 168 Å². The fourth-order valence-electron chi connectivity index (χ4n) is 2.55. The predicted octanol–water partition coefficient (Wildman–Crippen LogP) is 3.57. The van der Waals surface area contributed by atoms with Gasteiger partial charge in [0.05, 0.1) is 12.0 Å². The number of methoxy groups -OCH3 is 1. The minimum absolute atomic E-state index is 0.0309. The van der Waals surface area contributed by atoms with Gasteiger partial charge in [0, 0.05) is 17.8 Å². The van der Waals surface area contributed by atoms with Crippen molar-refractivity contribution >= 4 is 21.6 Å². The molecule has 0 atom stereocenters. The molecule has 0 aliphatic carbocycles. The van der Waals surface area contributed by atoms with Crippen LogP contribution in [0.15, 0.2) is 77.7 Å². The summed E-state index contributed by atoms with van der Waals surface area (Å²) in [5.41, 5.74) is 1.46. The summed E-state index contributed by atoms with van der Waals surface area (Å²) in [4.78, 5) is 12.3. The normalized spacial score (nSPS) is 11.0. The Balaban J connectivity index is 1.64. The van der Waals surface area contributed by atoms with Gasteiger partial charge in [-0.2, -0.15) is 0 Å². The van der Waals surface area contributed by atoms with E-state index in [4.69, 9.17) is 4.74 Å². The summed E-state index contributed by atoms with van der Waals surface area (Å²) in [7, 11) is -2.27. The maximum atomic E-state index is 12.9. The first-order valence-electron chi connectivity index (χ1n) is 8.67. The van der Waals surface area contributed by atoms with E-state index in [1.807, 2.05) is 0 Å². The van der Waals surface area contributed by atoms with E-state index in [1.165, 1.54) is 43.5 Å². The molecule has 0 spiro atoms. The average Bonchev–Trinajstić information content (AvgIpc) is 2.73. The maximum absolute atomic E-state index is 12.9. The third kappa shape index (κ3) is 5.32. The van der Waals surface area contributed by atoms with Gasteiger partial charge in [-0.3, -0.25) is 9.52 Å². The fourth-order valence-corrected chi connectivity index (χ4v) is 3.60. The molecule has 3 aromatic carbocycles. The number of benzene rings is 3. The zero-order valence-corrected chi connectivity index (χ0v) is 16.4. The van der Waals surface area contributed by atoms with Crippen molar-refractivity contribution in [2.75, 3.05) is 11.8 Å². The zero-order chi connectivity index (χ0) is 20.9. The van der Waals surface area contributed by atoms with Gasteiger partial charge < -0.3 is 10.1 Å². The molecule has 0 aromatic heterocycles. The molecule has 0 saturated carbocycles. The van der Waals surface area contributed by atoms with Crippen LogP contribution in [-0.2, 0) is 16.6 Å². The number of carbonyl (C=O) groups excluding carboxylic acids is 1. The van der Waals surface area contributed by atoms with E-state index in [0.717, 1.165) is 5.56 Å². The number of ether oxygens (including phenoxy) is 1. The molecular formula is C21H19FN2O4S. The highest BCUT2D eigenvalue weighted by Crippen LogP contribution is 2.19. The highest BCUT2D eigenvalue weighted by Gasteiger charge is 2.15. The number of hydrogen-bond acceptors (Lipinski definition) is 4. The Morgan fingerprint density at radius 1 is 0.931 bits per heavy atom. The monoisotopic (exact) mass is 414 g/mol. The summed E-state index contributed by atoms with van der Waals surface area (Å²) in [5, 5.41) is 2.71. The molecule has 150 valence electrons. The first kappa shape index (κ1) is 20.3. The lowest BCUT2D eigenvalue weighted by atomic mass is 10.2. The van der Waals surface area contributed by atoms with Crippen molar-refractivity contribution < 1.29 is 22.3 Å². The van der Waals surface area contributed by atoms with Gasteiger partial charge in [-0.05, 0) is 66.2 Å². The third-order valence-electron chi connectivity index (χ3n) is 4.14. The van der Waals surface area contributed by atoms with Gasteiger partial charge in [-0.1, -0.05) is 12.1 Å². The minimum atomic E-state index is -3.79. The van der Waals surface area contributed by atoms with Gasteiger partial charge in [0.1, 0.15) is 11.6 Å². The number of hydrogen-bond donors (Lipinski definition) is 2. The molecule has 0 bridgehead atoms. The summed E-state index contributed by atoms with van der Waals surface area (Å²) in [6, 6.07) is 17.8. The maximum Gasteiger partial charge on any atom is 0.261 e. The number of sulfonamides is 1. The molecule has 1 amide bonds. The van der Waals surface area contributed by atoms with Crippen LogP contribution in [0.3, 0.4) is 0 Å². The van der Waals surface area contributed by atoms with Crippen LogP contribution in [0.2, 0.25) is 0 Å². The first-order chi connectivity index (χ1) is 13.9. The smallest absolute Gasteiger partial charge is 0.261 e. The van der Waals surface area contributed by atoms with Gasteiger partial charge in [0.15, 0.2) is 0 Å². The number of anilines is 1. The Hall–Kier alpha value is -3.39. The van der Waals surface area contributed by atoms with Crippen LogP contribution >= 0.6 is 0 Å². The zero-order valence-electron chi connectivity index (χ0n) is 15.6. The van der Waals surface area contributed by atoms with E-state index in [0.29, 0.717) is 17.0 Å². The molecule has 2 N–H and O–H groups in total. The second-order valence-electron chi connectivity index (χ2n) is 6.17. The largest absolute Gasteiger partial charge is 0.497 e. The summed E-state index contributed by atoms with van der Waals surface area (Å²) < 4.78 is 45.4. The van der Waals surface area contributed by atoms with Crippen molar-refractivity contribution in [1.29, 1.82) is 0 Å². The average molecular weight is 414 g/mol. The second-order valence-corrected chi connectivity index (χ2v) is 7.85. The topological polar surface area (TPSA) is 84.5 Å². The van der Waals surface area contributed by atoms with Gasteiger partial charge >= 0.3 is 0 Å². The highest BCUT2D eigenvalue weighted by molar-refractivity contribution is 7.92. The molecule has 29 heavy (non-hydrogen) atoms. The van der Waals surface area contributed by atoms with Crippen LogP contribution in [0, 0.1) is 5.82 Å². The number of nitrogens with one attached hydrogen (secondary N) is 2. The molecule has 0 saturated heterocycles. The van der Waals surface area contributed by atoms with Gasteiger partial charge in [0.25, 0.3) is 15.9 Å². The molecular weight excluding hydrogens is 395 g/mol. The lowest BCUT2D eigenvalue weighted by molar-refractivity contribution is 0.0951.